The summed E-state index contributed by atoms with van der Waals surface area (Å²) < 4.78 is 33.1. The van der Waals surface area contributed by atoms with Crippen molar-refractivity contribution in [3.8, 4) is 6.01 Å². The number of nitrogens with one attached hydrogen (secondary N) is 1. The van der Waals surface area contributed by atoms with E-state index < -0.39 is 17.3 Å². The zero-order chi connectivity index (χ0) is 32.0. The van der Waals surface area contributed by atoms with Crippen LogP contribution in [-0.4, -0.2) is 87.2 Å². The highest BCUT2D eigenvalue weighted by Gasteiger charge is 2.36. The van der Waals surface area contributed by atoms with E-state index in [1.54, 1.807) is 36.5 Å². The molecule has 0 radical (unpaired) electrons. The van der Waals surface area contributed by atoms with E-state index >= 15 is 0 Å². The molecule has 0 unspecified atom stereocenters. The Balaban J connectivity index is 1.32. The largest absolute Gasteiger partial charge is 0.463 e. The molecule has 2 aliphatic heterocycles. The van der Waals surface area contributed by atoms with Gasteiger partial charge in [0.15, 0.2) is 5.82 Å². The predicted octanol–water partition coefficient (Wildman–Crippen LogP) is 4.77. The fourth-order valence-corrected chi connectivity index (χ4v) is 5.87. The van der Waals surface area contributed by atoms with Gasteiger partial charge in [-0.1, -0.05) is 0 Å². The third-order valence-corrected chi connectivity index (χ3v) is 7.90. The number of ether oxygens (including phenoxy) is 3. The highest BCUT2D eigenvalue weighted by Crippen LogP contribution is 2.33. The average Bonchev–Trinajstić information content (AvgIpc) is 3.30. The molecule has 2 aromatic carbocycles. The molecule has 2 aliphatic rings. The number of amides is 2. The highest BCUT2D eigenvalue weighted by molar-refractivity contribution is 6.14. The lowest BCUT2D eigenvalue weighted by atomic mass is 10.0. The molecule has 4 heterocycles. The Morgan fingerprint density at radius 3 is 2.51 bits per heavy atom. The lowest BCUT2D eigenvalue weighted by molar-refractivity contribution is -0.0520. The van der Waals surface area contributed by atoms with Crippen LogP contribution in [0.4, 0.5) is 20.6 Å². The summed E-state index contributed by atoms with van der Waals surface area (Å²) in [6.45, 7) is 12.2. The number of anilines is 2. The summed E-state index contributed by atoms with van der Waals surface area (Å²) in [6, 6.07) is 6.36. The first-order valence-electron chi connectivity index (χ1n) is 15.1. The van der Waals surface area contributed by atoms with Crippen molar-refractivity contribution in [2.24, 2.45) is 13.0 Å². The number of hydrogen-bond acceptors (Lipinski definition) is 9. The van der Waals surface area contributed by atoms with Gasteiger partial charge in [-0.15, -0.1) is 0 Å². The van der Waals surface area contributed by atoms with Crippen molar-refractivity contribution in [1.82, 2.24) is 24.6 Å². The van der Waals surface area contributed by atoms with Crippen molar-refractivity contribution in [2.45, 2.75) is 52.3 Å². The van der Waals surface area contributed by atoms with Crippen LogP contribution in [0.15, 0.2) is 36.7 Å². The molecule has 1 N–H and O–H groups in total. The first-order chi connectivity index (χ1) is 21.4. The SMILES string of the molecule is C[C@@H]1CN(c2ccc(C(=O)Nc3cc(F)c4nn(C)cc4c3)c3nc(OCC4COC4)ncc23)C[C@H](C)N1C(=O)OC(C)(C)C. The zero-order valence-electron chi connectivity index (χ0n) is 26.3. The van der Waals surface area contributed by atoms with E-state index in [0.717, 1.165) is 5.69 Å². The Morgan fingerprint density at radius 2 is 1.84 bits per heavy atom. The minimum Gasteiger partial charge on any atom is -0.463 e. The van der Waals surface area contributed by atoms with Crippen molar-refractivity contribution in [3.05, 3.63) is 48.0 Å². The maximum Gasteiger partial charge on any atom is 0.410 e. The molecule has 2 saturated heterocycles. The number of benzene rings is 2. The van der Waals surface area contributed by atoms with E-state index in [0.29, 0.717) is 54.9 Å². The molecule has 13 heteroatoms. The molecule has 45 heavy (non-hydrogen) atoms. The number of aromatic nitrogens is 4. The van der Waals surface area contributed by atoms with E-state index in [2.05, 4.69) is 25.3 Å². The Kier molecular flexibility index (Phi) is 7.98. The van der Waals surface area contributed by atoms with Gasteiger partial charge in [-0.25, -0.2) is 14.2 Å². The van der Waals surface area contributed by atoms with Gasteiger partial charge >= 0.3 is 12.1 Å². The molecule has 6 rings (SSSR count). The second kappa shape index (κ2) is 11.8. The molecule has 2 atom stereocenters. The summed E-state index contributed by atoms with van der Waals surface area (Å²) in [5, 5.41) is 8.18. The third-order valence-electron chi connectivity index (χ3n) is 7.90. The van der Waals surface area contributed by atoms with Gasteiger partial charge in [-0.3, -0.25) is 14.4 Å². The fraction of sp³-hybridized carbons (Fsp3) is 0.469. The molecule has 0 spiro atoms. The number of halogens is 1. The molecule has 0 bridgehead atoms. The molecule has 4 aromatic rings. The Labute approximate surface area is 260 Å². The lowest BCUT2D eigenvalue weighted by Crippen LogP contribution is -2.59. The van der Waals surface area contributed by atoms with Crippen LogP contribution in [0.3, 0.4) is 0 Å². The number of hydrogen-bond donors (Lipinski definition) is 1. The van der Waals surface area contributed by atoms with Gasteiger partial charge in [0, 0.05) is 60.6 Å². The summed E-state index contributed by atoms with van der Waals surface area (Å²) in [4.78, 5) is 39.8. The molecule has 2 aromatic heterocycles. The van der Waals surface area contributed by atoms with Gasteiger partial charge in [-0.05, 0) is 58.9 Å². The first kappa shape index (κ1) is 30.5. The summed E-state index contributed by atoms with van der Waals surface area (Å²) in [5.41, 5.74) is 1.44. The van der Waals surface area contributed by atoms with E-state index in [4.69, 9.17) is 14.2 Å². The van der Waals surface area contributed by atoms with Crippen LogP contribution in [-0.2, 0) is 16.5 Å². The van der Waals surface area contributed by atoms with Gasteiger partial charge in [0.25, 0.3) is 5.91 Å². The smallest absolute Gasteiger partial charge is 0.410 e. The Bertz CT molecular complexity index is 1750. The van der Waals surface area contributed by atoms with Gasteiger partial charge in [0.2, 0.25) is 0 Å². The molecule has 0 saturated carbocycles. The highest BCUT2D eigenvalue weighted by atomic mass is 19.1. The summed E-state index contributed by atoms with van der Waals surface area (Å²) in [5.74, 6) is -0.724. The van der Waals surface area contributed by atoms with Crippen LogP contribution in [0.25, 0.3) is 21.8 Å². The second-order valence-corrected chi connectivity index (χ2v) is 12.9. The van der Waals surface area contributed by atoms with Crippen molar-refractivity contribution in [1.29, 1.82) is 0 Å². The van der Waals surface area contributed by atoms with Gasteiger partial charge in [0.1, 0.15) is 11.1 Å². The summed E-state index contributed by atoms with van der Waals surface area (Å²) in [6.07, 6.45) is 3.01. The predicted molar refractivity (Wildman–Crippen MR) is 167 cm³/mol. The minimum atomic E-state index is -0.599. The molecular weight excluding hydrogens is 581 g/mol. The lowest BCUT2D eigenvalue weighted by Gasteiger charge is -2.45. The number of aryl methyl sites for hydroxylation is 1. The number of fused-ring (bicyclic) bond motifs is 2. The second-order valence-electron chi connectivity index (χ2n) is 12.9. The zero-order valence-corrected chi connectivity index (χ0v) is 26.3. The quantitative estimate of drug-likeness (QED) is 0.325. The van der Waals surface area contributed by atoms with Gasteiger partial charge in [-0.2, -0.15) is 10.1 Å². The van der Waals surface area contributed by atoms with Crippen molar-refractivity contribution in [3.63, 3.8) is 0 Å². The summed E-state index contributed by atoms with van der Waals surface area (Å²) in [7, 11) is 1.71. The maximum atomic E-state index is 14.8. The fourth-order valence-electron chi connectivity index (χ4n) is 5.87. The Hall–Kier alpha value is -4.52. The number of nitrogens with zero attached hydrogens (tertiary/aromatic N) is 6. The van der Waals surface area contributed by atoms with Crippen LogP contribution >= 0.6 is 0 Å². The number of piperazine rings is 1. The minimum absolute atomic E-state index is 0.146. The molecule has 12 nitrogen and oxygen atoms in total. The van der Waals surface area contributed by atoms with Gasteiger partial charge in [0.05, 0.1) is 43.0 Å². The molecule has 0 aliphatic carbocycles. The normalized spacial score (nSPS) is 19.1. The van der Waals surface area contributed by atoms with E-state index in [1.165, 1.54) is 10.7 Å². The van der Waals surface area contributed by atoms with E-state index in [-0.39, 0.29) is 41.2 Å². The van der Waals surface area contributed by atoms with Crippen molar-refractivity contribution < 1.29 is 28.2 Å². The van der Waals surface area contributed by atoms with Crippen LogP contribution in [0, 0.1) is 11.7 Å². The van der Waals surface area contributed by atoms with Crippen LogP contribution in [0.5, 0.6) is 6.01 Å². The van der Waals surface area contributed by atoms with Crippen LogP contribution in [0.1, 0.15) is 45.0 Å². The monoisotopic (exact) mass is 619 g/mol. The number of rotatable bonds is 6. The van der Waals surface area contributed by atoms with E-state index in [1.807, 2.05) is 40.7 Å². The molecular formula is C32H38FN7O5. The molecule has 2 fully saturated rings. The Morgan fingerprint density at radius 1 is 1.11 bits per heavy atom. The number of carbonyl (C=O) groups excluding carboxylic acids is 2. The third kappa shape index (κ3) is 6.35. The standard InChI is InChI=1S/C32H38FN7O5/c1-18-12-39(13-19(2)40(18)31(42)45-32(3,4)5)26-8-7-23(28-24(26)11-34-30(36-28)44-17-20-15-43-16-20)29(41)35-22-9-21-14-38(6)37-27(21)25(33)10-22/h7-11,14,18-20H,12-13,15-17H2,1-6H3,(H,35,41)/t18-,19+. The van der Waals surface area contributed by atoms with Crippen LogP contribution < -0.4 is 15.0 Å². The first-order valence-corrected chi connectivity index (χ1v) is 15.1. The molecule has 2 amide bonds. The molecule has 238 valence electrons. The maximum absolute atomic E-state index is 14.8. The van der Waals surface area contributed by atoms with Crippen molar-refractivity contribution >= 4 is 45.2 Å². The van der Waals surface area contributed by atoms with Gasteiger partial charge < -0.3 is 24.4 Å². The number of carbonyl (C=O) groups is 2. The van der Waals surface area contributed by atoms with Crippen molar-refractivity contribution in [2.75, 3.05) is 43.1 Å². The van der Waals surface area contributed by atoms with Crippen LogP contribution in [0.2, 0.25) is 0 Å². The topological polar surface area (TPSA) is 124 Å². The van der Waals surface area contributed by atoms with E-state index in [9.17, 15) is 14.0 Å². The average molecular weight is 620 g/mol. The summed E-state index contributed by atoms with van der Waals surface area (Å²) >= 11 is 0.